The van der Waals surface area contributed by atoms with Gasteiger partial charge in [-0.1, -0.05) is 79.0 Å². The van der Waals surface area contributed by atoms with Crippen LogP contribution in [0.2, 0.25) is 5.02 Å². The van der Waals surface area contributed by atoms with Crippen LogP contribution in [0.3, 0.4) is 0 Å². The molecule has 3 atom stereocenters. The van der Waals surface area contributed by atoms with Crippen LogP contribution in [0.1, 0.15) is 54.3 Å². The summed E-state index contributed by atoms with van der Waals surface area (Å²) in [6, 6.07) is 25.0. The number of ether oxygens (including phenoxy) is 1. The summed E-state index contributed by atoms with van der Waals surface area (Å²) in [5.74, 6) is 0.842. The van der Waals surface area contributed by atoms with Gasteiger partial charge in [0.05, 0.1) is 12.6 Å². The number of benzene rings is 3. The lowest BCUT2D eigenvalue weighted by atomic mass is 9.74. The number of hydrogen-bond donors (Lipinski definition) is 2. The lowest BCUT2D eigenvalue weighted by Gasteiger charge is -2.32. The van der Waals surface area contributed by atoms with Crippen molar-refractivity contribution in [3.05, 3.63) is 101 Å². The van der Waals surface area contributed by atoms with Crippen LogP contribution in [0.4, 0.5) is 0 Å². The van der Waals surface area contributed by atoms with Gasteiger partial charge >= 0.3 is 0 Å². The molecule has 0 bridgehead atoms. The van der Waals surface area contributed by atoms with Crippen LogP contribution in [0, 0.1) is 5.92 Å². The molecular weight excluding hydrogens is 434 g/mol. The Labute approximate surface area is 200 Å². The van der Waals surface area contributed by atoms with E-state index >= 15 is 0 Å². The molecule has 1 saturated carbocycles. The molecule has 1 aliphatic carbocycles. The van der Waals surface area contributed by atoms with Gasteiger partial charge in [-0.3, -0.25) is 4.79 Å². The van der Waals surface area contributed by atoms with Crippen LogP contribution >= 0.6 is 11.6 Å². The molecule has 0 spiro atoms. The molecule has 2 N–H and O–H groups in total. The first kappa shape index (κ1) is 23.3. The summed E-state index contributed by atoms with van der Waals surface area (Å²) in [5.41, 5.74) is 3.17. The molecule has 0 heterocycles. The number of aliphatic hydroxyl groups is 1. The monoisotopic (exact) mass is 463 g/mol. The van der Waals surface area contributed by atoms with Crippen LogP contribution < -0.4 is 10.1 Å². The van der Waals surface area contributed by atoms with Gasteiger partial charge in [0.1, 0.15) is 12.4 Å². The van der Waals surface area contributed by atoms with Crippen molar-refractivity contribution in [1.82, 2.24) is 5.32 Å². The van der Waals surface area contributed by atoms with Crippen LogP contribution in [0.5, 0.6) is 5.75 Å². The van der Waals surface area contributed by atoms with Gasteiger partial charge in [-0.25, -0.2) is 0 Å². The molecule has 3 aromatic rings. The highest BCUT2D eigenvalue weighted by molar-refractivity contribution is 6.30. The van der Waals surface area contributed by atoms with E-state index < -0.39 is 0 Å². The van der Waals surface area contributed by atoms with Crippen molar-refractivity contribution in [3.63, 3.8) is 0 Å². The Balaban J connectivity index is 1.45. The Hall–Kier alpha value is -2.82. The number of rotatable bonds is 8. The summed E-state index contributed by atoms with van der Waals surface area (Å²) in [6.07, 6.45) is 3.99. The number of halogens is 1. The summed E-state index contributed by atoms with van der Waals surface area (Å²) in [6.45, 7) is 0.338. The second-order valence-electron chi connectivity index (χ2n) is 8.64. The zero-order chi connectivity index (χ0) is 23.0. The fourth-order valence-electron chi connectivity index (χ4n) is 4.65. The smallest absolute Gasteiger partial charge is 0.224 e. The van der Waals surface area contributed by atoms with E-state index in [1.54, 1.807) is 0 Å². The van der Waals surface area contributed by atoms with E-state index in [1.807, 2.05) is 60.7 Å². The third kappa shape index (κ3) is 6.16. The van der Waals surface area contributed by atoms with Crippen molar-refractivity contribution >= 4 is 17.5 Å². The highest BCUT2D eigenvalue weighted by atomic mass is 35.5. The van der Waals surface area contributed by atoms with Gasteiger partial charge in [0.2, 0.25) is 5.91 Å². The first-order chi connectivity index (χ1) is 16.1. The highest BCUT2D eigenvalue weighted by Crippen LogP contribution is 2.38. The van der Waals surface area contributed by atoms with E-state index in [-0.39, 0.29) is 30.4 Å². The molecule has 172 valence electrons. The third-order valence-corrected chi connectivity index (χ3v) is 6.65. The molecule has 4 rings (SSSR count). The molecule has 4 nitrogen and oxygen atoms in total. The van der Waals surface area contributed by atoms with E-state index in [2.05, 4.69) is 23.5 Å². The van der Waals surface area contributed by atoms with Crippen molar-refractivity contribution in [2.24, 2.45) is 5.92 Å². The van der Waals surface area contributed by atoms with Gasteiger partial charge in [-0.15, -0.1) is 0 Å². The zero-order valence-electron chi connectivity index (χ0n) is 18.6. The maximum Gasteiger partial charge on any atom is 0.224 e. The lowest BCUT2D eigenvalue weighted by Crippen LogP contribution is -2.39. The minimum atomic E-state index is -0.389. The molecule has 0 aliphatic heterocycles. The van der Waals surface area contributed by atoms with Gasteiger partial charge in [0, 0.05) is 10.9 Å². The van der Waals surface area contributed by atoms with Gasteiger partial charge < -0.3 is 15.2 Å². The summed E-state index contributed by atoms with van der Waals surface area (Å²) in [7, 11) is 0. The number of aliphatic hydroxyl groups excluding tert-OH is 1. The fraction of sp³-hybridized carbons (Fsp3) is 0.321. The Morgan fingerprint density at radius 2 is 1.76 bits per heavy atom. The van der Waals surface area contributed by atoms with Crippen LogP contribution in [0.15, 0.2) is 78.9 Å². The molecule has 0 aromatic heterocycles. The van der Waals surface area contributed by atoms with Crippen molar-refractivity contribution < 1.29 is 14.6 Å². The Morgan fingerprint density at radius 1 is 1.00 bits per heavy atom. The van der Waals surface area contributed by atoms with E-state index in [4.69, 9.17) is 16.3 Å². The standard InChI is InChI=1S/C28H30ClNO3/c29-23-13-15-24(16-14-23)33-19-20-7-6-10-22(17-20)25-11-4-5-12-26(25)28(32)30-27(18-31)21-8-2-1-3-9-21/h1-3,6-10,13-17,25-27,31H,4-5,11-12,18-19H2,(H,30,32)/t25?,26?,27-/m0/s1. The Kier molecular flexibility index (Phi) is 8.03. The summed E-state index contributed by atoms with van der Waals surface area (Å²) < 4.78 is 5.91. The van der Waals surface area contributed by atoms with Crippen LogP contribution in [-0.4, -0.2) is 17.6 Å². The SMILES string of the molecule is O=C(N[C@@H](CO)c1ccccc1)C1CCCCC1c1cccc(COc2ccc(Cl)cc2)c1. The molecule has 5 heteroatoms. The molecule has 1 amide bonds. The van der Waals surface area contributed by atoms with Crippen LogP contribution in [-0.2, 0) is 11.4 Å². The van der Waals surface area contributed by atoms with Crippen molar-refractivity contribution in [3.8, 4) is 5.75 Å². The Bertz CT molecular complexity index is 1040. The van der Waals surface area contributed by atoms with Crippen molar-refractivity contribution in [2.45, 2.75) is 44.2 Å². The number of carbonyl (C=O) groups excluding carboxylic acids is 1. The molecule has 1 aliphatic rings. The van der Waals surface area contributed by atoms with E-state index in [9.17, 15) is 9.90 Å². The zero-order valence-corrected chi connectivity index (χ0v) is 19.4. The first-order valence-electron chi connectivity index (χ1n) is 11.6. The third-order valence-electron chi connectivity index (χ3n) is 6.40. The van der Waals surface area contributed by atoms with Gasteiger partial charge in [0.25, 0.3) is 0 Å². The molecule has 33 heavy (non-hydrogen) atoms. The van der Waals surface area contributed by atoms with Crippen LogP contribution in [0.25, 0.3) is 0 Å². The first-order valence-corrected chi connectivity index (χ1v) is 11.9. The average Bonchev–Trinajstić information content (AvgIpc) is 2.87. The predicted molar refractivity (Wildman–Crippen MR) is 131 cm³/mol. The number of carbonyl (C=O) groups is 1. The molecule has 2 unspecified atom stereocenters. The average molecular weight is 464 g/mol. The molecule has 1 fully saturated rings. The number of amides is 1. The maximum atomic E-state index is 13.3. The molecule has 0 saturated heterocycles. The lowest BCUT2D eigenvalue weighted by molar-refractivity contribution is -0.127. The molecule has 0 radical (unpaired) electrons. The predicted octanol–water partition coefficient (Wildman–Crippen LogP) is 6.04. The summed E-state index contributed by atoms with van der Waals surface area (Å²) in [5, 5.41) is 13.7. The van der Waals surface area contributed by atoms with E-state index in [0.29, 0.717) is 11.6 Å². The van der Waals surface area contributed by atoms with E-state index in [1.165, 1.54) is 5.56 Å². The maximum absolute atomic E-state index is 13.3. The van der Waals surface area contributed by atoms with Gasteiger partial charge in [0.15, 0.2) is 0 Å². The topological polar surface area (TPSA) is 58.6 Å². The number of hydrogen-bond acceptors (Lipinski definition) is 3. The van der Waals surface area contributed by atoms with Crippen molar-refractivity contribution in [2.75, 3.05) is 6.61 Å². The minimum absolute atomic E-state index is 0.0189. The van der Waals surface area contributed by atoms with Crippen molar-refractivity contribution in [1.29, 1.82) is 0 Å². The second kappa shape index (κ2) is 11.4. The quantitative estimate of drug-likeness (QED) is 0.428. The second-order valence-corrected chi connectivity index (χ2v) is 9.08. The molecule has 3 aromatic carbocycles. The number of nitrogens with one attached hydrogen (secondary N) is 1. The van der Waals surface area contributed by atoms with Gasteiger partial charge in [-0.2, -0.15) is 0 Å². The fourth-order valence-corrected chi connectivity index (χ4v) is 4.78. The normalized spacial score (nSPS) is 19.0. The largest absolute Gasteiger partial charge is 0.489 e. The Morgan fingerprint density at radius 3 is 2.52 bits per heavy atom. The molecular formula is C28H30ClNO3. The summed E-state index contributed by atoms with van der Waals surface area (Å²) >= 11 is 5.95. The highest BCUT2D eigenvalue weighted by Gasteiger charge is 2.33. The minimum Gasteiger partial charge on any atom is -0.489 e. The van der Waals surface area contributed by atoms with Gasteiger partial charge in [-0.05, 0) is 59.7 Å². The summed E-state index contributed by atoms with van der Waals surface area (Å²) in [4.78, 5) is 13.3. The van der Waals surface area contributed by atoms with E-state index in [0.717, 1.165) is 42.6 Å².